The van der Waals surface area contributed by atoms with Gasteiger partial charge in [-0.15, -0.1) is 0 Å². The molecule has 1 fully saturated rings. The Morgan fingerprint density at radius 2 is 2.12 bits per heavy atom. The minimum Gasteiger partial charge on any atom is -0.390 e. The first-order chi connectivity index (χ1) is 7.92. The van der Waals surface area contributed by atoms with Crippen LogP contribution >= 0.6 is 0 Å². The van der Waals surface area contributed by atoms with Gasteiger partial charge in [-0.05, 0) is 23.3 Å². The molecule has 0 saturated carbocycles. The van der Waals surface area contributed by atoms with Gasteiger partial charge in [0.15, 0.2) is 5.75 Å². The lowest BCUT2D eigenvalue weighted by Gasteiger charge is -2.15. The molecule has 3 heteroatoms. The van der Waals surface area contributed by atoms with Crippen LogP contribution in [0.5, 0.6) is 5.75 Å². The number of hydrazine groups is 1. The number of hydrogen-bond acceptors (Lipinski definition) is 3. The summed E-state index contributed by atoms with van der Waals surface area (Å²) in [7, 11) is 0. The van der Waals surface area contributed by atoms with Gasteiger partial charge in [0.1, 0.15) is 0 Å². The SMILES string of the molecule is [c]1c(ON2CCCN2)ccc2ccccc12. The van der Waals surface area contributed by atoms with Crippen molar-refractivity contribution in [1.29, 1.82) is 0 Å². The molecule has 1 saturated heterocycles. The van der Waals surface area contributed by atoms with Crippen molar-refractivity contribution in [3.63, 3.8) is 0 Å². The van der Waals surface area contributed by atoms with Crippen molar-refractivity contribution in [2.24, 2.45) is 0 Å². The van der Waals surface area contributed by atoms with E-state index in [1.807, 2.05) is 24.3 Å². The third-order valence-corrected chi connectivity index (χ3v) is 2.67. The van der Waals surface area contributed by atoms with Crippen molar-refractivity contribution in [2.75, 3.05) is 13.1 Å². The molecule has 1 heterocycles. The average molecular weight is 213 g/mol. The second-order valence-electron chi connectivity index (χ2n) is 3.86. The number of hydroxylamine groups is 1. The van der Waals surface area contributed by atoms with Gasteiger partial charge in [-0.25, -0.2) is 5.43 Å². The Hall–Kier alpha value is -1.58. The number of fused-ring (bicyclic) bond motifs is 1. The fraction of sp³-hybridized carbons (Fsp3) is 0.231. The summed E-state index contributed by atoms with van der Waals surface area (Å²) >= 11 is 0. The van der Waals surface area contributed by atoms with Gasteiger partial charge in [0, 0.05) is 12.6 Å². The topological polar surface area (TPSA) is 24.5 Å². The fourth-order valence-electron chi connectivity index (χ4n) is 1.85. The fourth-order valence-corrected chi connectivity index (χ4v) is 1.85. The average Bonchev–Trinajstić information content (AvgIpc) is 2.82. The zero-order valence-corrected chi connectivity index (χ0v) is 8.94. The molecule has 1 aliphatic rings. The molecular weight excluding hydrogens is 200 g/mol. The number of nitrogens with zero attached hydrogens (tertiary/aromatic N) is 1. The van der Waals surface area contributed by atoms with E-state index in [1.54, 1.807) is 5.17 Å². The Bertz CT molecular complexity index is 492. The van der Waals surface area contributed by atoms with Crippen LogP contribution < -0.4 is 10.3 Å². The van der Waals surface area contributed by atoms with E-state index in [0.29, 0.717) is 0 Å². The molecule has 3 rings (SSSR count). The van der Waals surface area contributed by atoms with E-state index >= 15 is 0 Å². The highest BCUT2D eigenvalue weighted by Crippen LogP contribution is 2.20. The third kappa shape index (κ3) is 1.87. The molecule has 16 heavy (non-hydrogen) atoms. The van der Waals surface area contributed by atoms with Crippen LogP contribution in [0.15, 0.2) is 36.4 Å². The Balaban J connectivity index is 1.86. The molecular formula is C13H13N2O. The van der Waals surface area contributed by atoms with Crippen LogP contribution in [0, 0.1) is 6.07 Å². The zero-order valence-electron chi connectivity index (χ0n) is 8.94. The summed E-state index contributed by atoms with van der Waals surface area (Å²) in [5.41, 5.74) is 3.14. The van der Waals surface area contributed by atoms with Crippen molar-refractivity contribution in [3.8, 4) is 5.75 Å². The summed E-state index contributed by atoms with van der Waals surface area (Å²) in [6.45, 7) is 1.90. The molecule has 81 valence electrons. The minimum absolute atomic E-state index is 0.758. The normalized spacial score (nSPS) is 16.8. The van der Waals surface area contributed by atoms with Gasteiger partial charge in [-0.2, -0.15) is 0 Å². The molecule has 1 aliphatic heterocycles. The number of nitrogens with one attached hydrogen (secondary N) is 1. The van der Waals surface area contributed by atoms with Crippen LogP contribution in [0.25, 0.3) is 10.8 Å². The van der Waals surface area contributed by atoms with Crippen LogP contribution in [0.3, 0.4) is 0 Å². The summed E-state index contributed by atoms with van der Waals surface area (Å²) in [6, 6.07) is 15.4. The number of hydrogen-bond donors (Lipinski definition) is 1. The molecule has 1 radical (unpaired) electrons. The van der Waals surface area contributed by atoms with Gasteiger partial charge in [-0.3, -0.25) is 0 Å². The van der Waals surface area contributed by atoms with Crippen molar-refractivity contribution in [2.45, 2.75) is 6.42 Å². The molecule has 0 amide bonds. The summed E-state index contributed by atoms with van der Waals surface area (Å²) in [6.07, 6.45) is 1.12. The standard InChI is InChI=1S/C13H13N2O/c1-2-5-12-10-13(7-6-11(12)4-1)16-15-9-3-8-14-15/h1-2,4-7,14H,3,8-9H2. The smallest absolute Gasteiger partial charge is 0.157 e. The Morgan fingerprint density at radius 1 is 1.19 bits per heavy atom. The molecule has 2 aromatic carbocycles. The maximum Gasteiger partial charge on any atom is 0.157 e. The Morgan fingerprint density at radius 3 is 3.00 bits per heavy atom. The number of rotatable bonds is 2. The molecule has 0 bridgehead atoms. The molecule has 0 aromatic heterocycles. The Kier molecular flexibility index (Phi) is 2.48. The second kappa shape index (κ2) is 4.12. The van der Waals surface area contributed by atoms with E-state index in [-0.39, 0.29) is 0 Å². The number of benzene rings is 2. The predicted octanol–water partition coefficient (Wildman–Crippen LogP) is 2.14. The van der Waals surface area contributed by atoms with E-state index in [2.05, 4.69) is 23.6 Å². The molecule has 0 aliphatic carbocycles. The van der Waals surface area contributed by atoms with E-state index in [4.69, 9.17) is 4.84 Å². The lowest BCUT2D eigenvalue weighted by Crippen LogP contribution is -2.33. The van der Waals surface area contributed by atoms with Crippen molar-refractivity contribution < 1.29 is 4.84 Å². The molecule has 0 atom stereocenters. The van der Waals surface area contributed by atoms with Crippen LogP contribution in [-0.2, 0) is 0 Å². The molecule has 1 N–H and O–H groups in total. The minimum atomic E-state index is 0.758. The third-order valence-electron chi connectivity index (χ3n) is 2.67. The first-order valence-corrected chi connectivity index (χ1v) is 5.52. The van der Waals surface area contributed by atoms with Gasteiger partial charge in [0.25, 0.3) is 0 Å². The quantitative estimate of drug-likeness (QED) is 0.827. The Labute approximate surface area is 94.5 Å². The largest absolute Gasteiger partial charge is 0.390 e. The molecule has 2 aromatic rings. The van der Waals surface area contributed by atoms with Crippen LogP contribution in [0.4, 0.5) is 0 Å². The van der Waals surface area contributed by atoms with Gasteiger partial charge in [-0.1, -0.05) is 35.5 Å². The van der Waals surface area contributed by atoms with Gasteiger partial charge >= 0.3 is 0 Å². The van der Waals surface area contributed by atoms with Gasteiger partial charge in [0.2, 0.25) is 0 Å². The van der Waals surface area contributed by atoms with Crippen LogP contribution in [0.1, 0.15) is 6.42 Å². The summed E-state index contributed by atoms with van der Waals surface area (Å²) in [5.74, 6) is 0.758. The highest BCUT2D eigenvalue weighted by atomic mass is 16.7. The zero-order chi connectivity index (χ0) is 10.8. The highest BCUT2D eigenvalue weighted by Gasteiger charge is 2.12. The van der Waals surface area contributed by atoms with E-state index < -0.39 is 0 Å². The summed E-state index contributed by atoms with van der Waals surface area (Å²) in [4.78, 5) is 5.65. The molecule has 3 nitrogen and oxygen atoms in total. The highest BCUT2D eigenvalue weighted by molar-refractivity contribution is 5.82. The van der Waals surface area contributed by atoms with Crippen molar-refractivity contribution in [3.05, 3.63) is 42.5 Å². The molecule has 0 unspecified atom stereocenters. The summed E-state index contributed by atoms with van der Waals surface area (Å²) < 4.78 is 0. The van der Waals surface area contributed by atoms with Gasteiger partial charge < -0.3 is 4.84 Å². The van der Waals surface area contributed by atoms with Crippen molar-refractivity contribution in [1.82, 2.24) is 10.6 Å². The lowest BCUT2D eigenvalue weighted by molar-refractivity contribution is -0.0786. The first-order valence-electron chi connectivity index (χ1n) is 5.52. The van der Waals surface area contributed by atoms with Crippen molar-refractivity contribution >= 4 is 10.8 Å². The molecule has 0 spiro atoms. The van der Waals surface area contributed by atoms with E-state index in [0.717, 1.165) is 30.6 Å². The van der Waals surface area contributed by atoms with Crippen LogP contribution in [-0.4, -0.2) is 18.3 Å². The monoisotopic (exact) mass is 213 g/mol. The maximum atomic E-state index is 5.65. The van der Waals surface area contributed by atoms with E-state index in [9.17, 15) is 0 Å². The van der Waals surface area contributed by atoms with Crippen LogP contribution in [0.2, 0.25) is 0 Å². The first kappa shape index (κ1) is 9.63. The summed E-state index contributed by atoms with van der Waals surface area (Å²) in [5, 5.41) is 4.03. The maximum absolute atomic E-state index is 5.65. The predicted molar refractivity (Wildman–Crippen MR) is 62.7 cm³/mol. The van der Waals surface area contributed by atoms with E-state index in [1.165, 1.54) is 5.39 Å². The van der Waals surface area contributed by atoms with Gasteiger partial charge in [0.05, 0.1) is 6.54 Å². The lowest BCUT2D eigenvalue weighted by atomic mass is 10.1. The second-order valence-corrected chi connectivity index (χ2v) is 3.86.